The largest absolute Gasteiger partial charge is 0.408 e. The minimum Gasteiger partial charge on any atom is -0.408 e. The monoisotopic (exact) mass is 226 g/mol. The van der Waals surface area contributed by atoms with E-state index in [2.05, 4.69) is 10.2 Å². The quantitative estimate of drug-likeness (QED) is 0.737. The van der Waals surface area contributed by atoms with Crippen LogP contribution in [0.4, 0.5) is 6.01 Å². The van der Waals surface area contributed by atoms with E-state index in [1.54, 1.807) is 0 Å². The zero-order chi connectivity index (χ0) is 11.5. The van der Waals surface area contributed by atoms with Gasteiger partial charge in [0.2, 0.25) is 5.89 Å². The molecule has 6 heteroatoms. The van der Waals surface area contributed by atoms with Gasteiger partial charge >= 0.3 is 6.01 Å². The molecule has 2 atom stereocenters. The number of aromatic nitrogens is 2. The van der Waals surface area contributed by atoms with Crippen molar-refractivity contribution in [1.82, 2.24) is 10.2 Å². The fourth-order valence-corrected chi connectivity index (χ4v) is 1.95. The van der Waals surface area contributed by atoms with E-state index in [-0.39, 0.29) is 6.10 Å². The van der Waals surface area contributed by atoms with Crippen LogP contribution < -0.4 is 10.6 Å². The lowest BCUT2D eigenvalue weighted by Gasteiger charge is -2.14. The highest BCUT2D eigenvalue weighted by molar-refractivity contribution is 5.26. The topological polar surface area (TPSA) is 88.4 Å². The molecule has 16 heavy (non-hydrogen) atoms. The molecule has 3 N–H and O–H groups in total. The van der Waals surface area contributed by atoms with Crippen LogP contribution in [0.5, 0.6) is 0 Å². The molecule has 0 radical (unpaired) electrons. The number of anilines is 1. The van der Waals surface area contributed by atoms with Gasteiger partial charge in [0, 0.05) is 32.0 Å². The van der Waals surface area contributed by atoms with Crippen molar-refractivity contribution in [2.45, 2.75) is 25.9 Å². The normalized spacial score (nSPS) is 22.7. The molecule has 0 aliphatic carbocycles. The van der Waals surface area contributed by atoms with Gasteiger partial charge in [0.1, 0.15) is 0 Å². The van der Waals surface area contributed by atoms with Gasteiger partial charge < -0.3 is 20.2 Å². The molecule has 0 saturated carbocycles. The molecule has 1 aromatic rings. The lowest BCUT2D eigenvalue weighted by atomic mass is 10.0. The Morgan fingerprint density at radius 3 is 3.06 bits per heavy atom. The average Bonchev–Trinajstić information content (AvgIpc) is 2.84. The van der Waals surface area contributed by atoms with Gasteiger partial charge in [-0.3, -0.25) is 0 Å². The predicted molar refractivity (Wildman–Crippen MR) is 59.1 cm³/mol. The third kappa shape index (κ3) is 2.33. The van der Waals surface area contributed by atoms with Crippen molar-refractivity contribution in [3.8, 4) is 0 Å². The van der Waals surface area contributed by atoms with Crippen molar-refractivity contribution in [2.75, 3.05) is 24.5 Å². The second-order valence-corrected chi connectivity index (χ2v) is 4.25. The van der Waals surface area contributed by atoms with Gasteiger partial charge in [-0.15, -0.1) is 5.10 Å². The lowest BCUT2D eigenvalue weighted by Crippen LogP contribution is -2.24. The van der Waals surface area contributed by atoms with Gasteiger partial charge in [0.25, 0.3) is 0 Å². The Bertz CT molecular complexity index is 339. The zero-order valence-corrected chi connectivity index (χ0v) is 9.46. The number of hydrogen-bond acceptors (Lipinski definition) is 6. The molecule has 0 bridgehead atoms. The molecule has 1 aliphatic rings. The van der Waals surface area contributed by atoms with Crippen LogP contribution >= 0.6 is 0 Å². The number of nitrogens with zero attached hydrogens (tertiary/aromatic N) is 3. The van der Waals surface area contributed by atoms with Gasteiger partial charge in [-0.25, -0.2) is 0 Å². The van der Waals surface area contributed by atoms with Crippen molar-refractivity contribution >= 4 is 6.01 Å². The summed E-state index contributed by atoms with van der Waals surface area (Å²) >= 11 is 0. The van der Waals surface area contributed by atoms with Gasteiger partial charge in [-0.2, -0.15) is 0 Å². The van der Waals surface area contributed by atoms with Crippen molar-refractivity contribution in [3.63, 3.8) is 0 Å². The maximum atomic E-state index is 9.50. The number of aliphatic hydroxyl groups is 1. The summed E-state index contributed by atoms with van der Waals surface area (Å²) in [5, 5.41) is 17.4. The molecule has 0 spiro atoms. The molecule has 90 valence electrons. The van der Waals surface area contributed by atoms with E-state index in [1.165, 1.54) is 0 Å². The van der Waals surface area contributed by atoms with Gasteiger partial charge in [0.05, 0.1) is 6.10 Å². The molecule has 1 aromatic heterocycles. The Hall–Kier alpha value is -1.14. The highest BCUT2D eigenvalue weighted by Gasteiger charge is 2.28. The van der Waals surface area contributed by atoms with Crippen LogP contribution in [-0.4, -0.2) is 41.0 Å². The lowest BCUT2D eigenvalue weighted by molar-refractivity contribution is 0.136. The number of aliphatic hydroxyl groups excluding tert-OH is 1. The first-order valence-corrected chi connectivity index (χ1v) is 5.66. The highest BCUT2D eigenvalue weighted by Crippen LogP contribution is 2.24. The summed E-state index contributed by atoms with van der Waals surface area (Å²) in [4.78, 5) is 2.02. The molecule has 2 rings (SSSR count). The first-order valence-electron chi connectivity index (χ1n) is 5.66. The molecule has 6 nitrogen and oxygen atoms in total. The van der Waals surface area contributed by atoms with Crippen LogP contribution in [0.15, 0.2) is 4.42 Å². The Labute approximate surface area is 94.4 Å². The van der Waals surface area contributed by atoms with Crippen molar-refractivity contribution in [1.29, 1.82) is 0 Å². The molecule has 0 amide bonds. The second-order valence-electron chi connectivity index (χ2n) is 4.25. The van der Waals surface area contributed by atoms with E-state index < -0.39 is 0 Å². The van der Waals surface area contributed by atoms with E-state index in [1.807, 2.05) is 11.8 Å². The summed E-state index contributed by atoms with van der Waals surface area (Å²) in [5.74, 6) is 0.878. The molecule has 0 aromatic carbocycles. The summed E-state index contributed by atoms with van der Waals surface area (Å²) in [6.45, 7) is 3.97. The van der Waals surface area contributed by atoms with Crippen LogP contribution in [0.25, 0.3) is 0 Å². The first-order chi connectivity index (χ1) is 7.70. The Balaban J connectivity index is 1.97. The van der Waals surface area contributed by atoms with Gasteiger partial charge in [-0.1, -0.05) is 5.10 Å². The van der Waals surface area contributed by atoms with Crippen LogP contribution in [0.2, 0.25) is 0 Å². The fourth-order valence-electron chi connectivity index (χ4n) is 1.95. The third-order valence-corrected chi connectivity index (χ3v) is 2.99. The zero-order valence-electron chi connectivity index (χ0n) is 9.46. The molecular formula is C10H18N4O2. The highest BCUT2D eigenvalue weighted by atomic mass is 16.4. The Morgan fingerprint density at radius 1 is 1.62 bits per heavy atom. The second kappa shape index (κ2) is 4.80. The Kier molecular flexibility index (Phi) is 3.40. The van der Waals surface area contributed by atoms with Crippen LogP contribution in [-0.2, 0) is 6.42 Å². The summed E-state index contributed by atoms with van der Waals surface area (Å²) in [5.41, 5.74) is 5.41. The van der Waals surface area contributed by atoms with Crippen LogP contribution in [0.1, 0.15) is 19.2 Å². The van der Waals surface area contributed by atoms with Crippen LogP contribution in [0.3, 0.4) is 0 Å². The molecule has 2 heterocycles. The van der Waals surface area contributed by atoms with E-state index in [9.17, 15) is 5.11 Å². The molecule has 1 saturated heterocycles. The molecular weight excluding hydrogens is 208 g/mol. The van der Waals surface area contributed by atoms with E-state index in [0.29, 0.717) is 30.8 Å². The summed E-state index contributed by atoms with van der Waals surface area (Å²) < 4.78 is 5.48. The predicted octanol–water partition coefficient (Wildman–Crippen LogP) is -0.222. The third-order valence-electron chi connectivity index (χ3n) is 2.99. The van der Waals surface area contributed by atoms with E-state index in [4.69, 9.17) is 10.2 Å². The average molecular weight is 226 g/mol. The number of rotatable bonds is 4. The molecule has 1 aliphatic heterocycles. The van der Waals surface area contributed by atoms with Crippen molar-refractivity contribution in [3.05, 3.63) is 5.89 Å². The summed E-state index contributed by atoms with van der Waals surface area (Å²) in [6, 6.07) is 0.548. The maximum Gasteiger partial charge on any atom is 0.318 e. The molecule has 2 unspecified atom stereocenters. The Morgan fingerprint density at radius 2 is 2.44 bits per heavy atom. The standard InChI is InChI=1S/C10H18N4O2/c1-7(15)8-3-5-14(6-8)10-13-12-9(16-10)2-4-11/h7-8,15H,2-6,11H2,1H3. The van der Waals surface area contributed by atoms with Gasteiger partial charge in [0.15, 0.2) is 0 Å². The minimum absolute atomic E-state index is 0.281. The van der Waals surface area contributed by atoms with E-state index >= 15 is 0 Å². The van der Waals surface area contributed by atoms with Crippen LogP contribution in [0, 0.1) is 5.92 Å². The van der Waals surface area contributed by atoms with E-state index in [0.717, 1.165) is 19.5 Å². The van der Waals surface area contributed by atoms with Gasteiger partial charge in [-0.05, 0) is 13.3 Å². The number of nitrogens with two attached hydrogens (primary N) is 1. The summed E-state index contributed by atoms with van der Waals surface area (Å²) in [6.07, 6.45) is 1.30. The first kappa shape index (κ1) is 11.3. The smallest absolute Gasteiger partial charge is 0.318 e. The fraction of sp³-hybridized carbons (Fsp3) is 0.800. The number of hydrogen-bond donors (Lipinski definition) is 2. The van der Waals surface area contributed by atoms with Crippen molar-refractivity contribution < 1.29 is 9.52 Å². The minimum atomic E-state index is -0.281. The van der Waals surface area contributed by atoms with Crippen molar-refractivity contribution in [2.24, 2.45) is 11.7 Å². The maximum absolute atomic E-state index is 9.50. The SMILES string of the molecule is CC(O)C1CCN(c2nnc(CCN)o2)C1. The molecule has 1 fully saturated rings. The summed E-state index contributed by atoms with van der Waals surface area (Å²) in [7, 11) is 0.